The van der Waals surface area contributed by atoms with Gasteiger partial charge >= 0.3 is 0 Å². The summed E-state index contributed by atoms with van der Waals surface area (Å²) in [5, 5.41) is 0. The molecule has 0 bridgehead atoms. The fraction of sp³-hybridized carbons (Fsp3) is 0.458. The Morgan fingerprint density at radius 1 is 0.897 bits per heavy atom. The molecule has 2 aromatic rings. The van der Waals surface area contributed by atoms with Gasteiger partial charge in [-0.2, -0.15) is 0 Å². The molecule has 2 unspecified atom stereocenters. The standard InChI is InChI=1S/C24H32N4O/c29-24(23-19-22(25-26-23)21-12-5-2-6-13-21)28-16-8-15-27(17-18-28)14-7-11-20-9-3-1-4-10-20/h1-6,9-10,12-13,22-23,25-26H,7-8,11,14-19H2. The van der Waals surface area contributed by atoms with Crippen LogP contribution < -0.4 is 10.9 Å². The smallest absolute Gasteiger partial charge is 0.241 e. The Balaban J connectivity index is 1.22. The van der Waals surface area contributed by atoms with Crippen LogP contribution >= 0.6 is 0 Å². The van der Waals surface area contributed by atoms with Gasteiger partial charge in [0.05, 0.1) is 0 Å². The predicted octanol–water partition coefficient (Wildman–Crippen LogP) is 2.76. The summed E-state index contributed by atoms with van der Waals surface area (Å²) in [6.07, 6.45) is 4.16. The SMILES string of the molecule is O=C(C1CC(c2ccccc2)NN1)N1CCCN(CCCc2ccccc2)CC1. The summed E-state index contributed by atoms with van der Waals surface area (Å²) in [4.78, 5) is 17.6. The van der Waals surface area contributed by atoms with Gasteiger partial charge in [0.15, 0.2) is 0 Å². The van der Waals surface area contributed by atoms with E-state index in [1.165, 1.54) is 17.5 Å². The molecule has 29 heavy (non-hydrogen) atoms. The number of nitrogens with zero attached hydrogens (tertiary/aromatic N) is 2. The van der Waals surface area contributed by atoms with Gasteiger partial charge in [-0.1, -0.05) is 60.7 Å². The van der Waals surface area contributed by atoms with Gasteiger partial charge in [0.2, 0.25) is 5.91 Å². The van der Waals surface area contributed by atoms with Crippen LogP contribution in [0.4, 0.5) is 0 Å². The summed E-state index contributed by atoms with van der Waals surface area (Å²) in [5.74, 6) is 0.238. The van der Waals surface area contributed by atoms with Gasteiger partial charge in [-0.05, 0) is 49.9 Å². The third-order valence-electron chi connectivity index (χ3n) is 6.09. The van der Waals surface area contributed by atoms with Gasteiger partial charge < -0.3 is 9.80 Å². The average molecular weight is 393 g/mol. The Kier molecular flexibility index (Phi) is 6.93. The number of hydrazine groups is 1. The third-order valence-corrected chi connectivity index (χ3v) is 6.09. The molecule has 4 rings (SSSR count). The van der Waals surface area contributed by atoms with Crippen molar-refractivity contribution in [1.82, 2.24) is 20.7 Å². The van der Waals surface area contributed by atoms with E-state index >= 15 is 0 Å². The number of amides is 1. The third kappa shape index (κ3) is 5.44. The molecule has 1 amide bonds. The maximum Gasteiger partial charge on any atom is 0.241 e. The first kappa shape index (κ1) is 20.1. The Labute approximate surface area is 174 Å². The maximum atomic E-state index is 13.0. The largest absolute Gasteiger partial charge is 0.340 e. The normalized spacial score (nSPS) is 23.1. The zero-order chi connectivity index (χ0) is 19.9. The van der Waals surface area contributed by atoms with Gasteiger partial charge in [-0.3, -0.25) is 4.79 Å². The van der Waals surface area contributed by atoms with E-state index in [1.54, 1.807) is 0 Å². The Bertz CT molecular complexity index is 767. The fourth-order valence-corrected chi connectivity index (χ4v) is 4.41. The number of aryl methyl sites for hydroxylation is 1. The van der Waals surface area contributed by atoms with E-state index in [-0.39, 0.29) is 18.0 Å². The van der Waals surface area contributed by atoms with Crippen molar-refractivity contribution < 1.29 is 4.79 Å². The molecular weight excluding hydrogens is 360 g/mol. The predicted molar refractivity (Wildman–Crippen MR) is 116 cm³/mol. The molecule has 2 aromatic carbocycles. The molecule has 154 valence electrons. The fourth-order valence-electron chi connectivity index (χ4n) is 4.41. The van der Waals surface area contributed by atoms with Crippen molar-refractivity contribution in [2.75, 3.05) is 32.7 Å². The molecule has 2 fully saturated rings. The minimum Gasteiger partial charge on any atom is -0.340 e. The second-order valence-electron chi connectivity index (χ2n) is 8.15. The van der Waals surface area contributed by atoms with Crippen LogP contribution in [0.2, 0.25) is 0 Å². The quantitative estimate of drug-likeness (QED) is 0.794. The van der Waals surface area contributed by atoms with Gasteiger partial charge in [0.1, 0.15) is 6.04 Å². The monoisotopic (exact) mass is 392 g/mol. The summed E-state index contributed by atoms with van der Waals surface area (Å²) in [6.45, 7) is 4.86. The summed E-state index contributed by atoms with van der Waals surface area (Å²) in [6, 6.07) is 21.1. The molecule has 0 spiro atoms. The van der Waals surface area contributed by atoms with Crippen molar-refractivity contribution in [1.29, 1.82) is 0 Å². The molecule has 2 aliphatic heterocycles. The number of carbonyl (C=O) groups is 1. The van der Waals surface area contributed by atoms with Crippen LogP contribution in [0.3, 0.4) is 0 Å². The van der Waals surface area contributed by atoms with Crippen LogP contribution in [0.15, 0.2) is 60.7 Å². The summed E-state index contributed by atoms with van der Waals surface area (Å²) in [5.41, 5.74) is 9.18. The Morgan fingerprint density at radius 3 is 2.45 bits per heavy atom. The van der Waals surface area contributed by atoms with Crippen molar-refractivity contribution >= 4 is 5.91 Å². The Morgan fingerprint density at radius 2 is 1.66 bits per heavy atom. The van der Waals surface area contributed by atoms with Crippen LogP contribution in [-0.4, -0.2) is 54.5 Å². The number of hydrogen-bond donors (Lipinski definition) is 2. The number of rotatable bonds is 6. The zero-order valence-corrected chi connectivity index (χ0v) is 17.1. The summed E-state index contributed by atoms with van der Waals surface area (Å²) >= 11 is 0. The highest BCUT2D eigenvalue weighted by atomic mass is 16.2. The van der Waals surface area contributed by atoms with Crippen molar-refractivity contribution in [3.8, 4) is 0 Å². The number of carbonyl (C=O) groups excluding carboxylic acids is 1. The van der Waals surface area contributed by atoms with Gasteiger partial charge in [0, 0.05) is 25.7 Å². The van der Waals surface area contributed by atoms with E-state index in [0.29, 0.717) is 0 Å². The van der Waals surface area contributed by atoms with E-state index in [2.05, 4.69) is 63.1 Å². The molecule has 0 saturated carbocycles. The van der Waals surface area contributed by atoms with E-state index in [1.807, 2.05) is 18.2 Å². The van der Waals surface area contributed by atoms with Gasteiger partial charge in [0.25, 0.3) is 0 Å². The first-order valence-corrected chi connectivity index (χ1v) is 10.9. The molecule has 5 nitrogen and oxygen atoms in total. The van der Waals surface area contributed by atoms with Gasteiger partial charge in [-0.25, -0.2) is 10.9 Å². The molecule has 0 aliphatic carbocycles. The molecular formula is C24H32N4O. The lowest BCUT2D eigenvalue weighted by molar-refractivity contribution is -0.133. The minimum absolute atomic E-state index is 0.134. The highest BCUT2D eigenvalue weighted by Crippen LogP contribution is 2.23. The molecule has 2 aliphatic rings. The van der Waals surface area contributed by atoms with E-state index in [9.17, 15) is 4.79 Å². The number of benzene rings is 2. The lowest BCUT2D eigenvalue weighted by Gasteiger charge is -2.24. The lowest BCUT2D eigenvalue weighted by atomic mass is 10.0. The van der Waals surface area contributed by atoms with E-state index in [0.717, 1.165) is 52.0 Å². The van der Waals surface area contributed by atoms with Crippen molar-refractivity contribution in [3.63, 3.8) is 0 Å². The molecule has 2 N–H and O–H groups in total. The van der Waals surface area contributed by atoms with E-state index < -0.39 is 0 Å². The second-order valence-corrected chi connectivity index (χ2v) is 8.15. The van der Waals surface area contributed by atoms with Crippen LogP contribution in [0.25, 0.3) is 0 Å². The Hall–Kier alpha value is -2.21. The molecule has 2 atom stereocenters. The summed E-state index contributed by atoms with van der Waals surface area (Å²) in [7, 11) is 0. The second kappa shape index (κ2) is 10.0. The number of nitrogens with one attached hydrogen (secondary N) is 2. The van der Waals surface area contributed by atoms with Crippen molar-refractivity contribution in [2.24, 2.45) is 0 Å². The topological polar surface area (TPSA) is 47.6 Å². The summed E-state index contributed by atoms with van der Waals surface area (Å²) < 4.78 is 0. The highest BCUT2D eigenvalue weighted by Gasteiger charge is 2.33. The maximum absolute atomic E-state index is 13.0. The zero-order valence-electron chi connectivity index (χ0n) is 17.1. The van der Waals surface area contributed by atoms with Gasteiger partial charge in [-0.15, -0.1) is 0 Å². The average Bonchev–Trinajstić information content (AvgIpc) is 3.15. The molecule has 5 heteroatoms. The number of hydrogen-bond acceptors (Lipinski definition) is 4. The van der Waals surface area contributed by atoms with Crippen LogP contribution in [-0.2, 0) is 11.2 Å². The minimum atomic E-state index is -0.134. The first-order valence-electron chi connectivity index (χ1n) is 10.9. The first-order chi connectivity index (χ1) is 14.3. The highest BCUT2D eigenvalue weighted by molar-refractivity contribution is 5.82. The van der Waals surface area contributed by atoms with Crippen LogP contribution in [0, 0.1) is 0 Å². The van der Waals surface area contributed by atoms with E-state index in [4.69, 9.17) is 0 Å². The van der Waals surface area contributed by atoms with Crippen LogP contribution in [0.1, 0.15) is 36.4 Å². The van der Waals surface area contributed by atoms with Crippen molar-refractivity contribution in [3.05, 3.63) is 71.8 Å². The molecule has 0 radical (unpaired) electrons. The molecule has 2 heterocycles. The molecule has 0 aromatic heterocycles. The molecule has 2 saturated heterocycles. The van der Waals surface area contributed by atoms with Crippen LogP contribution in [0.5, 0.6) is 0 Å². The lowest BCUT2D eigenvalue weighted by Crippen LogP contribution is -2.46. The van der Waals surface area contributed by atoms with Crippen molar-refractivity contribution in [2.45, 2.75) is 37.8 Å².